The molecule has 1 atom stereocenters. The Labute approximate surface area is 155 Å². The van der Waals surface area contributed by atoms with Crippen LogP contribution in [0.25, 0.3) is 0 Å². The zero-order chi connectivity index (χ0) is 19.8. The van der Waals surface area contributed by atoms with Gasteiger partial charge in [-0.25, -0.2) is 4.79 Å². The lowest BCUT2D eigenvalue weighted by molar-refractivity contribution is -0.131. The van der Waals surface area contributed by atoms with Gasteiger partial charge in [-0.05, 0) is 49.6 Å². The average Bonchev–Trinajstić information content (AvgIpc) is 2.82. The Balaban J connectivity index is 1.85. The molecular weight excluding hydrogens is 354 g/mol. The normalized spacial score (nSPS) is 19.6. The molecule has 1 heterocycles. The van der Waals surface area contributed by atoms with Crippen LogP contribution >= 0.6 is 0 Å². The molecule has 0 radical (unpaired) electrons. The summed E-state index contributed by atoms with van der Waals surface area (Å²) in [5.41, 5.74) is 2.15. The predicted molar refractivity (Wildman–Crippen MR) is 95.4 cm³/mol. The van der Waals surface area contributed by atoms with Crippen molar-refractivity contribution < 1.29 is 23.1 Å². The molecule has 1 N–H and O–H groups in total. The van der Waals surface area contributed by atoms with Gasteiger partial charge in [0.1, 0.15) is 11.3 Å². The average molecular weight is 374 g/mol. The van der Waals surface area contributed by atoms with Crippen molar-refractivity contribution in [1.29, 1.82) is 0 Å². The van der Waals surface area contributed by atoms with Gasteiger partial charge in [-0.3, -0.25) is 9.69 Å². The Morgan fingerprint density at radius 3 is 2.41 bits per heavy atom. The monoisotopic (exact) mass is 374 g/mol. The Morgan fingerprint density at radius 2 is 1.78 bits per heavy atom. The van der Waals surface area contributed by atoms with Gasteiger partial charge >= 0.3 is 12.6 Å². The molecule has 0 saturated carbocycles. The summed E-state index contributed by atoms with van der Waals surface area (Å²) < 4.78 is 28.9. The molecular formula is C20H20F2N2O3. The van der Waals surface area contributed by atoms with E-state index in [0.717, 1.165) is 16.7 Å². The summed E-state index contributed by atoms with van der Waals surface area (Å²) in [6.45, 7) is 2.71. The number of carbonyl (C=O) groups is 2. The molecule has 1 aliphatic heterocycles. The number of aryl methyl sites for hydroxylation is 2. The quantitative estimate of drug-likeness (QED) is 0.809. The smallest absolute Gasteiger partial charge is 0.387 e. The van der Waals surface area contributed by atoms with Crippen LogP contribution in [0.3, 0.4) is 0 Å². The van der Waals surface area contributed by atoms with Crippen LogP contribution in [0.15, 0.2) is 42.5 Å². The first kappa shape index (κ1) is 18.8. The Hall–Kier alpha value is -2.96. The predicted octanol–water partition coefficient (Wildman–Crippen LogP) is 3.87. The third-order valence-electron chi connectivity index (χ3n) is 4.76. The second-order valence-electron chi connectivity index (χ2n) is 6.78. The molecule has 1 fully saturated rings. The van der Waals surface area contributed by atoms with Gasteiger partial charge in [0.2, 0.25) is 0 Å². The molecule has 0 spiro atoms. The fourth-order valence-corrected chi connectivity index (χ4v) is 3.15. The van der Waals surface area contributed by atoms with E-state index in [1.54, 1.807) is 6.92 Å². The first-order valence-corrected chi connectivity index (χ1v) is 8.46. The molecule has 0 unspecified atom stereocenters. The standard InChI is InChI=1S/C20H20F2N2O3/c1-12-4-5-13(2)14(10-12)11-24-17(25)20(3,23-19(24)26)15-6-8-16(9-7-15)27-18(21)22/h4-10,18H,11H2,1-3H3,(H,23,26)/t20-/m1/s1. The van der Waals surface area contributed by atoms with Crippen LogP contribution in [0.5, 0.6) is 5.75 Å². The largest absolute Gasteiger partial charge is 0.435 e. The van der Waals surface area contributed by atoms with Crippen LogP contribution in [0.4, 0.5) is 13.6 Å². The van der Waals surface area contributed by atoms with Crippen molar-refractivity contribution in [2.75, 3.05) is 0 Å². The van der Waals surface area contributed by atoms with E-state index in [0.29, 0.717) is 5.56 Å². The molecule has 7 heteroatoms. The summed E-state index contributed by atoms with van der Waals surface area (Å²) in [7, 11) is 0. The van der Waals surface area contributed by atoms with Crippen molar-refractivity contribution >= 4 is 11.9 Å². The van der Waals surface area contributed by atoms with Gasteiger partial charge in [0.15, 0.2) is 0 Å². The maximum atomic E-state index is 13.0. The minimum Gasteiger partial charge on any atom is -0.435 e. The zero-order valence-corrected chi connectivity index (χ0v) is 15.3. The molecule has 1 aliphatic rings. The fourth-order valence-electron chi connectivity index (χ4n) is 3.15. The molecule has 0 aromatic heterocycles. The van der Waals surface area contributed by atoms with E-state index in [9.17, 15) is 18.4 Å². The number of hydrogen-bond acceptors (Lipinski definition) is 3. The van der Waals surface area contributed by atoms with Crippen molar-refractivity contribution in [3.05, 3.63) is 64.7 Å². The van der Waals surface area contributed by atoms with Crippen LogP contribution in [0.1, 0.15) is 29.2 Å². The number of amides is 3. The number of alkyl halides is 2. The lowest BCUT2D eigenvalue weighted by Gasteiger charge is -2.23. The molecule has 3 amide bonds. The van der Waals surface area contributed by atoms with Crippen molar-refractivity contribution in [2.45, 2.75) is 39.5 Å². The van der Waals surface area contributed by atoms with Gasteiger partial charge in [0.25, 0.3) is 5.91 Å². The minimum atomic E-state index is -2.92. The van der Waals surface area contributed by atoms with Crippen molar-refractivity contribution in [3.8, 4) is 5.75 Å². The summed E-state index contributed by atoms with van der Waals surface area (Å²) >= 11 is 0. The van der Waals surface area contributed by atoms with Crippen LogP contribution in [-0.2, 0) is 16.9 Å². The zero-order valence-electron chi connectivity index (χ0n) is 15.3. The van der Waals surface area contributed by atoms with Gasteiger partial charge in [-0.15, -0.1) is 0 Å². The summed E-state index contributed by atoms with van der Waals surface area (Å²) in [4.78, 5) is 26.6. The molecule has 3 rings (SSSR count). The van der Waals surface area contributed by atoms with Crippen LogP contribution < -0.4 is 10.1 Å². The number of nitrogens with zero attached hydrogens (tertiary/aromatic N) is 1. The lowest BCUT2D eigenvalue weighted by Crippen LogP contribution is -2.40. The molecule has 1 saturated heterocycles. The van der Waals surface area contributed by atoms with Gasteiger partial charge in [-0.2, -0.15) is 8.78 Å². The van der Waals surface area contributed by atoms with Gasteiger partial charge in [0.05, 0.1) is 6.54 Å². The minimum absolute atomic E-state index is 0.0126. The first-order chi connectivity index (χ1) is 12.7. The van der Waals surface area contributed by atoms with E-state index in [1.807, 2.05) is 32.0 Å². The van der Waals surface area contributed by atoms with Crippen LogP contribution in [0, 0.1) is 13.8 Å². The number of halogens is 2. The number of benzene rings is 2. The van der Waals surface area contributed by atoms with Gasteiger partial charge < -0.3 is 10.1 Å². The Kier molecular flexibility index (Phi) is 4.87. The number of nitrogens with one attached hydrogen (secondary N) is 1. The first-order valence-electron chi connectivity index (χ1n) is 8.46. The molecule has 5 nitrogen and oxygen atoms in total. The molecule has 27 heavy (non-hydrogen) atoms. The number of imide groups is 1. The van der Waals surface area contributed by atoms with Crippen LogP contribution in [0.2, 0.25) is 0 Å². The number of urea groups is 1. The van der Waals surface area contributed by atoms with E-state index in [1.165, 1.54) is 29.2 Å². The molecule has 0 aliphatic carbocycles. The highest BCUT2D eigenvalue weighted by molar-refractivity contribution is 6.07. The summed E-state index contributed by atoms with van der Waals surface area (Å²) in [6, 6.07) is 11.1. The molecule has 2 aromatic rings. The maximum Gasteiger partial charge on any atom is 0.387 e. The summed E-state index contributed by atoms with van der Waals surface area (Å²) in [6.07, 6.45) is 0. The highest BCUT2D eigenvalue weighted by Crippen LogP contribution is 2.31. The van der Waals surface area contributed by atoms with Crippen LogP contribution in [-0.4, -0.2) is 23.4 Å². The van der Waals surface area contributed by atoms with E-state index in [-0.39, 0.29) is 12.3 Å². The van der Waals surface area contributed by atoms with E-state index in [2.05, 4.69) is 10.1 Å². The van der Waals surface area contributed by atoms with Crippen molar-refractivity contribution in [2.24, 2.45) is 0 Å². The number of hydrogen-bond donors (Lipinski definition) is 1. The lowest BCUT2D eigenvalue weighted by atomic mass is 9.92. The summed E-state index contributed by atoms with van der Waals surface area (Å²) in [5.74, 6) is -0.405. The van der Waals surface area contributed by atoms with Gasteiger partial charge in [0, 0.05) is 0 Å². The number of ether oxygens (including phenoxy) is 1. The van der Waals surface area contributed by atoms with E-state index >= 15 is 0 Å². The Bertz CT molecular complexity index is 883. The molecule has 2 aromatic carbocycles. The third-order valence-corrected chi connectivity index (χ3v) is 4.76. The topological polar surface area (TPSA) is 58.6 Å². The number of rotatable bonds is 5. The highest BCUT2D eigenvalue weighted by atomic mass is 19.3. The second-order valence-corrected chi connectivity index (χ2v) is 6.78. The van der Waals surface area contributed by atoms with Gasteiger partial charge in [-0.1, -0.05) is 35.9 Å². The summed E-state index contributed by atoms with van der Waals surface area (Å²) in [5, 5.41) is 2.71. The van der Waals surface area contributed by atoms with Crippen molar-refractivity contribution in [1.82, 2.24) is 10.2 Å². The SMILES string of the molecule is Cc1ccc(C)c(CN2C(=O)N[C@](C)(c3ccc(OC(F)F)cc3)C2=O)c1. The molecule has 0 bridgehead atoms. The van der Waals surface area contributed by atoms with Crippen molar-refractivity contribution in [3.63, 3.8) is 0 Å². The van der Waals surface area contributed by atoms with E-state index < -0.39 is 24.1 Å². The fraction of sp³-hybridized carbons (Fsp3) is 0.300. The van der Waals surface area contributed by atoms with E-state index in [4.69, 9.17) is 0 Å². The Morgan fingerprint density at radius 1 is 1.11 bits per heavy atom. The third kappa shape index (κ3) is 3.63. The molecule has 142 valence electrons. The highest BCUT2D eigenvalue weighted by Gasteiger charge is 2.48. The maximum absolute atomic E-state index is 13.0. The second kappa shape index (κ2) is 6.98. The number of carbonyl (C=O) groups excluding carboxylic acids is 2.